The first-order valence-corrected chi connectivity index (χ1v) is 12.3. The number of carbonyl (C=O) groups excluding carboxylic acids is 3. The van der Waals surface area contributed by atoms with Gasteiger partial charge in [0.1, 0.15) is 12.4 Å². The fourth-order valence-corrected chi connectivity index (χ4v) is 4.94. The Morgan fingerprint density at radius 2 is 1.82 bits per heavy atom. The third kappa shape index (κ3) is 6.29. The highest BCUT2D eigenvalue weighted by atomic mass is 16.5. The van der Waals surface area contributed by atoms with Gasteiger partial charge in [-0.25, -0.2) is 0 Å². The van der Waals surface area contributed by atoms with Gasteiger partial charge in [-0.2, -0.15) is 0 Å². The normalized spacial score (nSPS) is 25.0. The van der Waals surface area contributed by atoms with Crippen LogP contribution in [0.5, 0.6) is 5.75 Å². The number of anilines is 1. The lowest BCUT2D eigenvalue weighted by molar-refractivity contribution is -0.141. The van der Waals surface area contributed by atoms with Crippen LogP contribution in [-0.4, -0.2) is 73.5 Å². The molecule has 188 valence electrons. The summed E-state index contributed by atoms with van der Waals surface area (Å²) in [5.74, 6) is 0.290. The molecule has 1 saturated carbocycles. The maximum Gasteiger partial charge on any atom is 0.257 e. The van der Waals surface area contributed by atoms with Gasteiger partial charge in [-0.1, -0.05) is 26.2 Å². The van der Waals surface area contributed by atoms with Crippen LogP contribution in [0.3, 0.4) is 0 Å². The van der Waals surface area contributed by atoms with Crippen LogP contribution in [0.4, 0.5) is 5.69 Å². The zero-order valence-electron chi connectivity index (χ0n) is 21.1. The average molecular weight is 474 g/mol. The summed E-state index contributed by atoms with van der Waals surface area (Å²) < 4.78 is 11.9. The first-order chi connectivity index (χ1) is 16.2. The molecule has 0 saturated heterocycles. The zero-order valence-corrected chi connectivity index (χ0v) is 21.1. The minimum atomic E-state index is -0.217. The van der Waals surface area contributed by atoms with Crippen LogP contribution in [-0.2, 0) is 14.3 Å². The van der Waals surface area contributed by atoms with Crippen molar-refractivity contribution < 1.29 is 23.9 Å². The van der Waals surface area contributed by atoms with Crippen molar-refractivity contribution in [2.45, 2.75) is 65.0 Å². The van der Waals surface area contributed by atoms with Gasteiger partial charge in [-0.15, -0.1) is 0 Å². The number of amides is 3. The van der Waals surface area contributed by atoms with Gasteiger partial charge in [0.15, 0.2) is 0 Å². The maximum atomic E-state index is 13.6. The molecule has 1 fully saturated rings. The summed E-state index contributed by atoms with van der Waals surface area (Å²) in [6, 6.07) is 4.86. The number of likely N-dealkylation sites (N-methyl/N-ethyl adjacent to an activating group) is 1. The highest BCUT2D eigenvalue weighted by molar-refractivity contribution is 5.98. The topological polar surface area (TPSA) is 88.2 Å². The van der Waals surface area contributed by atoms with Crippen LogP contribution < -0.4 is 10.1 Å². The van der Waals surface area contributed by atoms with Gasteiger partial charge in [0.05, 0.1) is 17.7 Å². The molecule has 0 spiro atoms. The van der Waals surface area contributed by atoms with E-state index in [9.17, 15) is 14.4 Å². The van der Waals surface area contributed by atoms with Gasteiger partial charge in [0.25, 0.3) is 5.91 Å². The van der Waals surface area contributed by atoms with Crippen molar-refractivity contribution in [3.63, 3.8) is 0 Å². The summed E-state index contributed by atoms with van der Waals surface area (Å²) in [5.41, 5.74) is 0.969. The summed E-state index contributed by atoms with van der Waals surface area (Å²) >= 11 is 0. The Kier molecular flexibility index (Phi) is 8.94. The number of hydrogen-bond donors (Lipinski definition) is 1. The molecule has 3 amide bonds. The van der Waals surface area contributed by atoms with E-state index < -0.39 is 0 Å². The van der Waals surface area contributed by atoms with Crippen molar-refractivity contribution in [1.82, 2.24) is 9.80 Å². The first-order valence-electron chi connectivity index (χ1n) is 12.3. The minimum Gasteiger partial charge on any atom is -0.491 e. The summed E-state index contributed by atoms with van der Waals surface area (Å²) in [4.78, 5) is 41.9. The molecule has 0 unspecified atom stereocenters. The second-order valence-electron chi connectivity index (χ2n) is 9.81. The number of methoxy groups -OCH3 is 1. The summed E-state index contributed by atoms with van der Waals surface area (Å²) in [6.45, 7) is 6.67. The first kappa shape index (κ1) is 26.0. The number of fused-ring (bicyclic) bond motifs is 1. The standard InChI is InChI=1S/C26H39N3O5/c1-17-14-29(25(31)20-9-7-6-8-10-20)18(2)16-34-23-13-21(27-19(3)30)11-12-22(23)26(32)28(4)15-24(17)33-5/h11-13,17-18,20,24H,6-10,14-16H2,1-5H3,(H,27,30)/t17-,18-,24+/m1/s1. The number of benzene rings is 1. The fraction of sp³-hybridized carbons (Fsp3) is 0.654. The molecule has 3 atom stereocenters. The molecule has 1 aliphatic heterocycles. The number of hydrogen-bond acceptors (Lipinski definition) is 5. The highest BCUT2D eigenvalue weighted by Gasteiger charge is 2.33. The Morgan fingerprint density at radius 3 is 2.47 bits per heavy atom. The van der Waals surface area contributed by atoms with Crippen LogP contribution in [0, 0.1) is 11.8 Å². The van der Waals surface area contributed by atoms with Crippen LogP contribution in [0.2, 0.25) is 0 Å². The summed E-state index contributed by atoms with van der Waals surface area (Å²) in [6.07, 6.45) is 5.04. The van der Waals surface area contributed by atoms with E-state index in [4.69, 9.17) is 9.47 Å². The molecule has 1 aromatic carbocycles. The van der Waals surface area contributed by atoms with Crippen LogP contribution in [0.25, 0.3) is 0 Å². The Bertz CT molecular complexity index is 883. The van der Waals surface area contributed by atoms with Gasteiger partial charge >= 0.3 is 0 Å². The van der Waals surface area contributed by atoms with Crippen LogP contribution >= 0.6 is 0 Å². The molecule has 2 aliphatic rings. The lowest BCUT2D eigenvalue weighted by Gasteiger charge is -2.38. The Morgan fingerprint density at radius 1 is 1.12 bits per heavy atom. The third-order valence-electron chi connectivity index (χ3n) is 7.00. The second-order valence-corrected chi connectivity index (χ2v) is 9.81. The van der Waals surface area contributed by atoms with E-state index in [-0.39, 0.29) is 48.3 Å². The van der Waals surface area contributed by atoms with Gasteiger partial charge in [0.2, 0.25) is 11.8 Å². The molecule has 1 aliphatic carbocycles. The SMILES string of the molecule is CO[C@H]1CN(C)C(=O)c2ccc(NC(C)=O)cc2OC[C@@H](C)N(C(=O)C2CCCCC2)C[C@H]1C. The molecule has 1 aromatic rings. The third-order valence-corrected chi connectivity index (χ3v) is 7.00. The Balaban J connectivity index is 1.94. The molecule has 34 heavy (non-hydrogen) atoms. The number of carbonyl (C=O) groups is 3. The van der Waals surface area contributed by atoms with Gasteiger partial charge < -0.3 is 24.6 Å². The lowest BCUT2D eigenvalue weighted by atomic mass is 9.87. The van der Waals surface area contributed by atoms with Crippen molar-refractivity contribution >= 4 is 23.4 Å². The zero-order chi connectivity index (χ0) is 24.8. The van der Waals surface area contributed by atoms with Gasteiger partial charge in [-0.05, 0) is 31.9 Å². The number of nitrogens with one attached hydrogen (secondary N) is 1. The monoisotopic (exact) mass is 473 g/mol. The molecular weight excluding hydrogens is 434 g/mol. The predicted octanol–water partition coefficient (Wildman–Crippen LogP) is 3.56. The van der Waals surface area contributed by atoms with E-state index in [0.717, 1.165) is 25.7 Å². The molecule has 0 bridgehead atoms. The quantitative estimate of drug-likeness (QED) is 0.725. The highest BCUT2D eigenvalue weighted by Crippen LogP contribution is 2.29. The fourth-order valence-electron chi connectivity index (χ4n) is 4.94. The van der Waals surface area contributed by atoms with E-state index >= 15 is 0 Å². The van der Waals surface area contributed by atoms with E-state index in [1.54, 1.807) is 37.3 Å². The average Bonchev–Trinajstić information content (AvgIpc) is 2.82. The molecule has 0 radical (unpaired) electrons. The molecule has 8 heteroatoms. The Labute approximate surface area is 202 Å². The van der Waals surface area contributed by atoms with E-state index in [2.05, 4.69) is 12.2 Å². The van der Waals surface area contributed by atoms with Gasteiger partial charge in [0, 0.05) is 57.8 Å². The molecule has 3 rings (SSSR count). The van der Waals surface area contributed by atoms with Crippen molar-refractivity contribution in [1.29, 1.82) is 0 Å². The number of rotatable bonds is 3. The molecule has 8 nitrogen and oxygen atoms in total. The van der Waals surface area contributed by atoms with Crippen molar-refractivity contribution in [2.75, 3.05) is 39.2 Å². The lowest BCUT2D eigenvalue weighted by Crippen LogP contribution is -2.50. The van der Waals surface area contributed by atoms with Crippen molar-refractivity contribution in [3.05, 3.63) is 23.8 Å². The molecule has 1 heterocycles. The molecule has 0 aromatic heterocycles. The summed E-state index contributed by atoms with van der Waals surface area (Å²) in [5, 5.41) is 2.74. The molecule has 1 N–H and O–H groups in total. The van der Waals surface area contributed by atoms with Crippen molar-refractivity contribution in [3.8, 4) is 5.75 Å². The Hall–Kier alpha value is -2.61. The van der Waals surface area contributed by atoms with Crippen LogP contribution in [0.15, 0.2) is 18.2 Å². The van der Waals surface area contributed by atoms with E-state index in [1.807, 2.05) is 11.8 Å². The largest absolute Gasteiger partial charge is 0.491 e. The minimum absolute atomic E-state index is 0.0382. The summed E-state index contributed by atoms with van der Waals surface area (Å²) in [7, 11) is 3.39. The van der Waals surface area contributed by atoms with Crippen molar-refractivity contribution in [2.24, 2.45) is 11.8 Å². The van der Waals surface area contributed by atoms with Crippen LogP contribution in [0.1, 0.15) is 63.2 Å². The predicted molar refractivity (Wildman–Crippen MR) is 131 cm³/mol. The van der Waals surface area contributed by atoms with E-state index in [1.165, 1.54) is 13.3 Å². The number of nitrogens with zero attached hydrogens (tertiary/aromatic N) is 2. The smallest absolute Gasteiger partial charge is 0.257 e. The molecular formula is C26H39N3O5. The second kappa shape index (κ2) is 11.7. The maximum absolute atomic E-state index is 13.6. The number of ether oxygens (including phenoxy) is 2. The van der Waals surface area contributed by atoms with E-state index in [0.29, 0.717) is 30.1 Å². The van der Waals surface area contributed by atoms with Gasteiger partial charge in [-0.3, -0.25) is 14.4 Å².